The number of benzene rings is 2. The second-order valence-corrected chi connectivity index (χ2v) is 5.81. The molecule has 0 amide bonds. The van der Waals surface area contributed by atoms with Crippen LogP contribution in [0.1, 0.15) is 19.3 Å². The molecule has 0 aromatic heterocycles. The largest absolute Gasteiger partial charge is 0.525 e. The van der Waals surface area contributed by atoms with Gasteiger partial charge in [0, 0.05) is 0 Å². The van der Waals surface area contributed by atoms with E-state index in [-0.39, 0.29) is 0 Å². The van der Waals surface area contributed by atoms with Gasteiger partial charge < -0.3 is 16.1 Å². The van der Waals surface area contributed by atoms with E-state index >= 15 is 0 Å². The zero-order chi connectivity index (χ0) is 18.2. The van der Waals surface area contributed by atoms with Crippen LogP contribution in [0.15, 0.2) is 48.5 Å². The number of halogens is 2. The summed E-state index contributed by atoms with van der Waals surface area (Å²) in [6.07, 6.45) is 1.97. The summed E-state index contributed by atoms with van der Waals surface area (Å²) in [5, 5.41) is 0. The fourth-order valence-corrected chi connectivity index (χ4v) is 2.43. The molecule has 4 nitrogen and oxygen atoms in total. The van der Waals surface area contributed by atoms with Crippen molar-refractivity contribution in [3.05, 3.63) is 60.2 Å². The van der Waals surface area contributed by atoms with Crippen molar-refractivity contribution in [1.82, 2.24) is 0 Å². The highest BCUT2D eigenvalue weighted by atomic mass is 19.1. The normalized spacial score (nSPS) is 11.8. The highest BCUT2D eigenvalue weighted by molar-refractivity contribution is 6.81. The van der Waals surface area contributed by atoms with Crippen LogP contribution in [0.3, 0.4) is 0 Å². The van der Waals surface area contributed by atoms with E-state index in [1.54, 1.807) is 0 Å². The van der Waals surface area contributed by atoms with Gasteiger partial charge in [0.25, 0.3) is 0 Å². The number of carbonyl (C=O) groups excluding carboxylic acids is 1. The second-order valence-electron chi connectivity index (χ2n) is 5.81. The van der Waals surface area contributed by atoms with Crippen LogP contribution in [0.25, 0.3) is 0 Å². The molecule has 0 aliphatic heterocycles. The predicted octanol–water partition coefficient (Wildman–Crippen LogP) is 1.07. The van der Waals surface area contributed by atoms with Gasteiger partial charge in [0.15, 0.2) is 0 Å². The molecule has 0 heterocycles. The third kappa shape index (κ3) is 5.65. The molecule has 2 rings (SSSR count). The Morgan fingerprint density at radius 3 is 1.88 bits per heavy atom. The maximum atomic E-state index is 13.2. The standard InChI is InChI=1S/C18H21BF2N2O2/c20-15-8-4-13(5-9-15)19(14-6-10-16(21)11-7-14)25-18(24)17(23)3-1-2-12-22/h4-11,17H,1-3,12,22-23H2/t17-/m0/s1. The fraction of sp³-hybridized carbons (Fsp3) is 0.278. The van der Waals surface area contributed by atoms with Crippen LogP contribution in [0, 0.1) is 11.6 Å². The van der Waals surface area contributed by atoms with Gasteiger partial charge in [-0.15, -0.1) is 0 Å². The summed E-state index contributed by atoms with van der Waals surface area (Å²) in [7, 11) is 0. The van der Waals surface area contributed by atoms with Crippen LogP contribution in [0.5, 0.6) is 0 Å². The second kappa shape index (κ2) is 9.29. The lowest BCUT2D eigenvalue weighted by atomic mass is 9.55. The molecule has 0 spiro atoms. The summed E-state index contributed by atoms with van der Waals surface area (Å²) in [6.45, 7) is -0.246. The van der Waals surface area contributed by atoms with Crippen LogP contribution in [0.4, 0.5) is 8.78 Å². The van der Waals surface area contributed by atoms with Crippen LogP contribution >= 0.6 is 0 Å². The Balaban J connectivity index is 2.18. The molecular formula is C18H21BF2N2O2. The van der Waals surface area contributed by atoms with Gasteiger partial charge in [0.2, 0.25) is 0 Å². The van der Waals surface area contributed by atoms with Crippen molar-refractivity contribution in [2.45, 2.75) is 25.3 Å². The maximum Gasteiger partial charge on any atom is 0.429 e. The fourth-order valence-electron chi connectivity index (χ4n) is 2.43. The van der Waals surface area contributed by atoms with E-state index < -0.39 is 30.6 Å². The molecule has 0 saturated carbocycles. The maximum absolute atomic E-state index is 13.2. The van der Waals surface area contributed by atoms with Gasteiger partial charge >= 0.3 is 12.9 Å². The monoisotopic (exact) mass is 346 g/mol. The molecule has 0 aliphatic rings. The minimum atomic E-state index is -0.783. The van der Waals surface area contributed by atoms with Gasteiger partial charge in [0.05, 0.1) is 0 Å². The molecule has 4 N–H and O–H groups in total. The highest BCUT2D eigenvalue weighted by Gasteiger charge is 2.28. The van der Waals surface area contributed by atoms with E-state index in [0.29, 0.717) is 23.9 Å². The van der Waals surface area contributed by atoms with Crippen LogP contribution in [-0.4, -0.2) is 25.5 Å². The first-order valence-electron chi connectivity index (χ1n) is 8.18. The number of hydrogen-bond acceptors (Lipinski definition) is 4. The van der Waals surface area contributed by atoms with Crippen molar-refractivity contribution in [3.63, 3.8) is 0 Å². The Hall–Kier alpha value is -2.25. The van der Waals surface area contributed by atoms with Gasteiger partial charge in [-0.25, -0.2) is 8.78 Å². The smallest absolute Gasteiger partial charge is 0.429 e. The first-order chi connectivity index (χ1) is 12.0. The minimum Gasteiger partial charge on any atom is -0.525 e. The summed E-state index contributed by atoms with van der Waals surface area (Å²) >= 11 is 0. The van der Waals surface area contributed by atoms with Crippen molar-refractivity contribution >= 4 is 23.8 Å². The lowest BCUT2D eigenvalue weighted by Crippen LogP contribution is -2.49. The molecule has 0 unspecified atom stereocenters. The topological polar surface area (TPSA) is 78.3 Å². The molecule has 0 bridgehead atoms. The Bertz CT molecular complexity index is 635. The third-order valence-corrected chi connectivity index (χ3v) is 3.85. The average molecular weight is 346 g/mol. The van der Waals surface area contributed by atoms with E-state index in [1.807, 2.05) is 0 Å². The molecule has 0 fully saturated rings. The first-order valence-corrected chi connectivity index (χ1v) is 8.18. The van der Waals surface area contributed by atoms with Gasteiger partial charge in [-0.1, -0.05) is 30.7 Å². The van der Waals surface area contributed by atoms with Gasteiger partial charge in [0.1, 0.15) is 17.7 Å². The van der Waals surface area contributed by atoms with E-state index in [4.69, 9.17) is 16.1 Å². The number of unbranched alkanes of at least 4 members (excludes halogenated alkanes) is 1. The number of rotatable bonds is 8. The zero-order valence-electron chi connectivity index (χ0n) is 13.8. The Morgan fingerprint density at radius 2 is 1.44 bits per heavy atom. The highest BCUT2D eigenvalue weighted by Crippen LogP contribution is 2.04. The number of hydrogen-bond donors (Lipinski definition) is 2. The Morgan fingerprint density at radius 1 is 0.960 bits per heavy atom. The number of carbonyl (C=O) groups is 1. The molecule has 132 valence electrons. The van der Waals surface area contributed by atoms with Gasteiger partial charge in [-0.2, -0.15) is 0 Å². The van der Waals surface area contributed by atoms with Crippen molar-refractivity contribution < 1.29 is 18.2 Å². The van der Waals surface area contributed by atoms with E-state index in [1.165, 1.54) is 48.5 Å². The van der Waals surface area contributed by atoms with Crippen molar-refractivity contribution in [3.8, 4) is 0 Å². The molecule has 0 aliphatic carbocycles. The predicted molar refractivity (Wildman–Crippen MR) is 94.8 cm³/mol. The molecule has 7 heteroatoms. The first kappa shape index (κ1) is 19.1. The quantitative estimate of drug-likeness (QED) is 0.554. The summed E-state index contributed by atoms with van der Waals surface area (Å²) < 4.78 is 31.9. The van der Waals surface area contributed by atoms with Crippen LogP contribution < -0.4 is 22.4 Å². The lowest BCUT2D eigenvalue weighted by Gasteiger charge is -2.18. The van der Waals surface area contributed by atoms with Crippen LogP contribution in [-0.2, 0) is 9.45 Å². The van der Waals surface area contributed by atoms with Crippen molar-refractivity contribution in [2.24, 2.45) is 11.5 Å². The van der Waals surface area contributed by atoms with Crippen molar-refractivity contribution in [2.75, 3.05) is 6.54 Å². The van der Waals surface area contributed by atoms with E-state index in [0.717, 1.165) is 12.8 Å². The lowest BCUT2D eigenvalue weighted by molar-refractivity contribution is -0.136. The molecule has 1 atom stereocenters. The molecule has 0 radical (unpaired) electrons. The van der Waals surface area contributed by atoms with Gasteiger partial charge in [-0.05, 0) is 54.6 Å². The summed E-state index contributed by atoms with van der Waals surface area (Å²) in [4.78, 5) is 12.3. The van der Waals surface area contributed by atoms with Crippen LogP contribution in [0.2, 0.25) is 0 Å². The SMILES string of the molecule is NCCCC[C@H](N)C(=O)OB(c1ccc(F)cc1)c1ccc(F)cc1. The molecule has 2 aromatic rings. The average Bonchev–Trinajstić information content (AvgIpc) is 2.61. The summed E-state index contributed by atoms with van der Waals surface area (Å²) in [6, 6.07) is 10.4. The zero-order valence-corrected chi connectivity index (χ0v) is 13.8. The third-order valence-electron chi connectivity index (χ3n) is 3.85. The molecule has 0 saturated heterocycles. The Kier molecular flexibility index (Phi) is 7.09. The summed E-state index contributed by atoms with van der Waals surface area (Å²) in [5.41, 5.74) is 12.5. The van der Waals surface area contributed by atoms with E-state index in [2.05, 4.69) is 0 Å². The minimum absolute atomic E-state index is 0.397. The molecular weight excluding hydrogens is 325 g/mol. The van der Waals surface area contributed by atoms with Gasteiger partial charge in [-0.3, -0.25) is 4.79 Å². The Labute approximate surface area is 146 Å². The van der Waals surface area contributed by atoms with E-state index in [9.17, 15) is 13.6 Å². The summed E-state index contributed by atoms with van der Waals surface area (Å²) in [5.74, 6) is -1.35. The number of nitrogens with two attached hydrogens (primary N) is 2. The molecule has 25 heavy (non-hydrogen) atoms. The van der Waals surface area contributed by atoms with Crippen molar-refractivity contribution in [1.29, 1.82) is 0 Å². The molecule has 2 aromatic carbocycles.